The van der Waals surface area contributed by atoms with Gasteiger partial charge in [0.25, 0.3) is 0 Å². The number of rotatable bonds is 7. The molecule has 1 rings (SSSR count). The van der Waals surface area contributed by atoms with Gasteiger partial charge in [-0.25, -0.2) is 0 Å². The van der Waals surface area contributed by atoms with Crippen LogP contribution in [0, 0.1) is 5.41 Å². The number of pyridine rings is 1. The van der Waals surface area contributed by atoms with Crippen molar-refractivity contribution in [2.24, 2.45) is 5.41 Å². The Morgan fingerprint density at radius 1 is 1.10 bits per heavy atom. The fourth-order valence-corrected chi connectivity index (χ4v) is 1.81. The Morgan fingerprint density at radius 3 is 2.05 bits per heavy atom. The summed E-state index contributed by atoms with van der Waals surface area (Å²) in [6.45, 7) is 5.48. The molecule has 0 N–H and O–H groups in total. The Labute approximate surface area is 119 Å². The summed E-state index contributed by atoms with van der Waals surface area (Å²) in [5.74, 6) is -1.07. The van der Waals surface area contributed by atoms with Crippen LogP contribution in [0.3, 0.4) is 0 Å². The molecule has 110 valence electrons. The molecule has 0 saturated heterocycles. The zero-order valence-corrected chi connectivity index (χ0v) is 12.2. The highest BCUT2D eigenvalue weighted by molar-refractivity contribution is 5.99. The highest BCUT2D eigenvalue weighted by Crippen LogP contribution is 2.27. The van der Waals surface area contributed by atoms with Crippen LogP contribution in [-0.4, -0.2) is 30.1 Å². The summed E-state index contributed by atoms with van der Waals surface area (Å²) in [5, 5.41) is 0. The van der Waals surface area contributed by atoms with Crippen molar-refractivity contribution >= 4 is 11.9 Å². The van der Waals surface area contributed by atoms with E-state index in [2.05, 4.69) is 4.98 Å². The third-order valence-electron chi connectivity index (χ3n) is 3.11. The monoisotopic (exact) mass is 279 g/mol. The first kappa shape index (κ1) is 16.1. The molecule has 5 heteroatoms. The Bertz CT molecular complexity index is 426. The first-order chi connectivity index (χ1) is 9.54. The molecule has 0 aromatic carbocycles. The molecular formula is C15H21NO4. The molecule has 0 atom stereocenters. The maximum atomic E-state index is 12.1. The second kappa shape index (κ2) is 7.62. The molecule has 20 heavy (non-hydrogen) atoms. The van der Waals surface area contributed by atoms with Gasteiger partial charge in [-0.05, 0) is 51.3 Å². The van der Waals surface area contributed by atoms with Crippen LogP contribution < -0.4 is 0 Å². The molecule has 0 radical (unpaired) electrons. The number of esters is 2. The average molecular weight is 279 g/mol. The normalized spacial score (nSPS) is 10.9. The quantitative estimate of drug-likeness (QED) is 0.565. The van der Waals surface area contributed by atoms with E-state index < -0.39 is 17.4 Å². The van der Waals surface area contributed by atoms with E-state index in [0.29, 0.717) is 12.8 Å². The molecule has 0 fully saturated rings. The third-order valence-corrected chi connectivity index (χ3v) is 3.11. The molecule has 0 unspecified atom stereocenters. The lowest BCUT2D eigenvalue weighted by atomic mass is 9.84. The largest absolute Gasteiger partial charge is 0.465 e. The predicted octanol–water partition coefficient (Wildman–Crippen LogP) is 2.15. The van der Waals surface area contributed by atoms with Gasteiger partial charge < -0.3 is 9.47 Å². The van der Waals surface area contributed by atoms with Gasteiger partial charge in [0.1, 0.15) is 0 Å². The Morgan fingerprint density at radius 2 is 1.60 bits per heavy atom. The number of aromatic nitrogens is 1. The van der Waals surface area contributed by atoms with Crippen molar-refractivity contribution in [2.75, 3.05) is 13.2 Å². The SMILES string of the molecule is CCOC(=O)C(C)(CCc1ccncc1)C(=O)OCC. The van der Waals surface area contributed by atoms with Crippen molar-refractivity contribution in [3.63, 3.8) is 0 Å². The first-order valence-electron chi connectivity index (χ1n) is 6.78. The average Bonchev–Trinajstić information content (AvgIpc) is 2.46. The van der Waals surface area contributed by atoms with E-state index in [1.54, 1.807) is 33.2 Å². The zero-order chi connectivity index (χ0) is 15.0. The van der Waals surface area contributed by atoms with E-state index >= 15 is 0 Å². The van der Waals surface area contributed by atoms with Crippen LogP contribution in [0.1, 0.15) is 32.8 Å². The van der Waals surface area contributed by atoms with E-state index in [1.807, 2.05) is 12.1 Å². The standard InChI is InChI=1S/C15H21NO4/c1-4-19-13(17)15(3,14(18)20-5-2)9-6-12-7-10-16-11-8-12/h7-8,10-11H,4-6,9H2,1-3H3. The lowest BCUT2D eigenvalue weighted by Crippen LogP contribution is -2.40. The van der Waals surface area contributed by atoms with Crippen molar-refractivity contribution in [1.82, 2.24) is 4.98 Å². The number of ether oxygens (including phenoxy) is 2. The number of hydrogen-bond donors (Lipinski definition) is 0. The second-order valence-corrected chi connectivity index (χ2v) is 4.63. The smallest absolute Gasteiger partial charge is 0.323 e. The summed E-state index contributed by atoms with van der Waals surface area (Å²) < 4.78 is 10.0. The number of carbonyl (C=O) groups excluding carboxylic acids is 2. The van der Waals surface area contributed by atoms with Crippen LogP contribution in [0.5, 0.6) is 0 Å². The minimum Gasteiger partial charge on any atom is -0.465 e. The van der Waals surface area contributed by atoms with E-state index in [1.165, 1.54) is 0 Å². The summed E-state index contributed by atoms with van der Waals surface area (Å²) in [5.41, 5.74) is -0.255. The predicted molar refractivity (Wildman–Crippen MR) is 73.9 cm³/mol. The maximum Gasteiger partial charge on any atom is 0.323 e. The van der Waals surface area contributed by atoms with Crippen LogP contribution in [0.15, 0.2) is 24.5 Å². The van der Waals surface area contributed by atoms with E-state index in [-0.39, 0.29) is 13.2 Å². The van der Waals surface area contributed by atoms with Crippen molar-refractivity contribution in [3.8, 4) is 0 Å². The van der Waals surface area contributed by atoms with Crippen LogP contribution in [0.2, 0.25) is 0 Å². The molecule has 0 aliphatic heterocycles. The lowest BCUT2D eigenvalue weighted by Gasteiger charge is -2.24. The Hall–Kier alpha value is -1.91. The van der Waals surface area contributed by atoms with Crippen molar-refractivity contribution in [2.45, 2.75) is 33.6 Å². The molecule has 0 aliphatic carbocycles. The number of nitrogens with zero attached hydrogens (tertiary/aromatic N) is 1. The van der Waals surface area contributed by atoms with E-state index in [4.69, 9.17) is 9.47 Å². The fourth-order valence-electron chi connectivity index (χ4n) is 1.81. The van der Waals surface area contributed by atoms with Gasteiger partial charge in [-0.1, -0.05) is 0 Å². The molecule has 1 aromatic heterocycles. The molecule has 0 saturated carbocycles. The second-order valence-electron chi connectivity index (χ2n) is 4.63. The molecule has 0 aliphatic rings. The van der Waals surface area contributed by atoms with Gasteiger partial charge in [0.15, 0.2) is 5.41 Å². The van der Waals surface area contributed by atoms with Gasteiger partial charge in [0.2, 0.25) is 0 Å². The van der Waals surface area contributed by atoms with Crippen molar-refractivity contribution in [1.29, 1.82) is 0 Å². The highest BCUT2D eigenvalue weighted by Gasteiger charge is 2.43. The Balaban J connectivity index is 2.82. The number of aryl methyl sites for hydroxylation is 1. The molecular weight excluding hydrogens is 258 g/mol. The van der Waals surface area contributed by atoms with E-state index in [9.17, 15) is 9.59 Å². The summed E-state index contributed by atoms with van der Waals surface area (Å²) in [7, 11) is 0. The van der Waals surface area contributed by atoms with Gasteiger partial charge in [-0.15, -0.1) is 0 Å². The van der Waals surface area contributed by atoms with Crippen molar-refractivity contribution < 1.29 is 19.1 Å². The molecule has 1 heterocycles. The molecule has 0 spiro atoms. The van der Waals surface area contributed by atoms with Crippen LogP contribution in [-0.2, 0) is 25.5 Å². The number of hydrogen-bond acceptors (Lipinski definition) is 5. The van der Waals surface area contributed by atoms with Crippen LogP contribution >= 0.6 is 0 Å². The van der Waals surface area contributed by atoms with Gasteiger partial charge in [-0.3, -0.25) is 14.6 Å². The van der Waals surface area contributed by atoms with Crippen LogP contribution in [0.25, 0.3) is 0 Å². The van der Waals surface area contributed by atoms with Gasteiger partial charge in [0.05, 0.1) is 13.2 Å². The molecule has 1 aromatic rings. The van der Waals surface area contributed by atoms with Gasteiger partial charge in [0, 0.05) is 12.4 Å². The minimum absolute atomic E-state index is 0.239. The molecule has 5 nitrogen and oxygen atoms in total. The van der Waals surface area contributed by atoms with Crippen LogP contribution in [0.4, 0.5) is 0 Å². The fraction of sp³-hybridized carbons (Fsp3) is 0.533. The first-order valence-corrected chi connectivity index (χ1v) is 6.78. The van der Waals surface area contributed by atoms with E-state index in [0.717, 1.165) is 5.56 Å². The molecule has 0 bridgehead atoms. The maximum absolute atomic E-state index is 12.1. The highest BCUT2D eigenvalue weighted by atomic mass is 16.6. The zero-order valence-electron chi connectivity index (χ0n) is 12.2. The van der Waals surface area contributed by atoms with Gasteiger partial charge in [-0.2, -0.15) is 0 Å². The Kier molecular flexibility index (Phi) is 6.15. The minimum atomic E-state index is -1.27. The van der Waals surface area contributed by atoms with Gasteiger partial charge >= 0.3 is 11.9 Å². The summed E-state index contributed by atoms with van der Waals surface area (Å²) in [6.07, 6.45) is 4.29. The number of carbonyl (C=O) groups is 2. The molecule has 0 amide bonds. The summed E-state index contributed by atoms with van der Waals surface area (Å²) in [6, 6.07) is 3.72. The summed E-state index contributed by atoms with van der Waals surface area (Å²) in [4.78, 5) is 28.1. The topological polar surface area (TPSA) is 65.5 Å². The van der Waals surface area contributed by atoms with Crippen molar-refractivity contribution in [3.05, 3.63) is 30.1 Å². The lowest BCUT2D eigenvalue weighted by molar-refractivity contribution is -0.171. The summed E-state index contributed by atoms with van der Waals surface area (Å²) >= 11 is 0. The third kappa shape index (κ3) is 4.05.